The molecule has 0 bridgehead atoms. The molecule has 0 aromatic carbocycles. The molecule has 0 unspecified atom stereocenters. The molecule has 0 radical (unpaired) electrons. The van der Waals surface area contributed by atoms with Crippen molar-refractivity contribution in [2.24, 2.45) is 0 Å². The standard InChI is InChI=1S/C12H18BrN3O2/c1-4-14-11(17)6-15-12(18)10-5-9(13)7-16(10)8(2)3/h5,7-8H,4,6H2,1-3H3,(H,14,17)(H,15,18). The van der Waals surface area contributed by atoms with Crippen molar-refractivity contribution in [3.05, 3.63) is 22.4 Å². The van der Waals surface area contributed by atoms with Crippen LogP contribution in [0.3, 0.4) is 0 Å². The maximum Gasteiger partial charge on any atom is 0.268 e. The number of aromatic nitrogens is 1. The van der Waals surface area contributed by atoms with Crippen LogP contribution in [0.4, 0.5) is 0 Å². The smallest absolute Gasteiger partial charge is 0.268 e. The Bertz CT molecular complexity index is 441. The Morgan fingerprint density at radius 3 is 2.61 bits per heavy atom. The molecule has 100 valence electrons. The van der Waals surface area contributed by atoms with Crippen molar-refractivity contribution in [2.75, 3.05) is 13.1 Å². The van der Waals surface area contributed by atoms with Gasteiger partial charge >= 0.3 is 0 Å². The molecule has 2 N–H and O–H groups in total. The van der Waals surface area contributed by atoms with Gasteiger partial charge in [0.2, 0.25) is 5.91 Å². The summed E-state index contributed by atoms with van der Waals surface area (Å²) in [5.41, 5.74) is 0.543. The maximum atomic E-state index is 12.0. The Labute approximate surface area is 115 Å². The highest BCUT2D eigenvalue weighted by atomic mass is 79.9. The first-order chi connectivity index (χ1) is 8.45. The highest BCUT2D eigenvalue weighted by molar-refractivity contribution is 9.10. The first kappa shape index (κ1) is 14.8. The summed E-state index contributed by atoms with van der Waals surface area (Å²) in [5.74, 6) is -0.437. The SMILES string of the molecule is CCNC(=O)CNC(=O)c1cc(Br)cn1C(C)C. The van der Waals surface area contributed by atoms with Crippen LogP contribution in [0.15, 0.2) is 16.7 Å². The van der Waals surface area contributed by atoms with Crippen molar-refractivity contribution in [1.29, 1.82) is 0 Å². The average Bonchev–Trinajstić information content (AvgIpc) is 2.69. The van der Waals surface area contributed by atoms with E-state index < -0.39 is 0 Å². The number of nitrogens with one attached hydrogen (secondary N) is 2. The molecule has 5 nitrogen and oxygen atoms in total. The number of hydrogen-bond acceptors (Lipinski definition) is 2. The van der Waals surface area contributed by atoms with Crippen molar-refractivity contribution in [1.82, 2.24) is 15.2 Å². The van der Waals surface area contributed by atoms with Crippen LogP contribution in [-0.2, 0) is 4.79 Å². The second-order valence-corrected chi connectivity index (χ2v) is 5.10. The molecule has 0 fully saturated rings. The molecule has 0 aliphatic rings. The summed E-state index contributed by atoms with van der Waals surface area (Å²) < 4.78 is 2.70. The number of amides is 2. The predicted octanol–water partition coefficient (Wildman–Crippen LogP) is 1.70. The minimum atomic E-state index is -0.249. The van der Waals surface area contributed by atoms with E-state index in [9.17, 15) is 9.59 Å². The summed E-state index contributed by atoms with van der Waals surface area (Å²) in [5, 5.41) is 5.22. The summed E-state index contributed by atoms with van der Waals surface area (Å²) in [6.45, 7) is 6.37. The van der Waals surface area contributed by atoms with Gasteiger partial charge in [-0.05, 0) is 42.8 Å². The van der Waals surface area contributed by atoms with E-state index in [4.69, 9.17) is 0 Å². The van der Waals surface area contributed by atoms with Crippen molar-refractivity contribution in [2.45, 2.75) is 26.8 Å². The third kappa shape index (κ3) is 3.87. The highest BCUT2D eigenvalue weighted by Gasteiger charge is 2.15. The lowest BCUT2D eigenvalue weighted by Gasteiger charge is -2.12. The number of rotatable bonds is 5. The Balaban J connectivity index is 2.69. The van der Waals surface area contributed by atoms with Crippen molar-refractivity contribution >= 4 is 27.7 Å². The molecular formula is C12H18BrN3O2. The predicted molar refractivity (Wildman–Crippen MR) is 73.5 cm³/mol. The van der Waals surface area contributed by atoms with Crippen molar-refractivity contribution in [3.63, 3.8) is 0 Å². The van der Waals surface area contributed by atoms with Gasteiger partial charge in [0.1, 0.15) is 5.69 Å². The lowest BCUT2D eigenvalue weighted by Crippen LogP contribution is -2.37. The molecule has 18 heavy (non-hydrogen) atoms. The monoisotopic (exact) mass is 315 g/mol. The van der Waals surface area contributed by atoms with Gasteiger partial charge in [-0.3, -0.25) is 9.59 Å². The Hall–Kier alpha value is -1.30. The van der Waals surface area contributed by atoms with Crippen molar-refractivity contribution in [3.8, 4) is 0 Å². The molecular weight excluding hydrogens is 298 g/mol. The molecule has 0 spiro atoms. The number of halogens is 1. The van der Waals surface area contributed by atoms with Crippen molar-refractivity contribution < 1.29 is 9.59 Å². The summed E-state index contributed by atoms with van der Waals surface area (Å²) in [7, 11) is 0. The van der Waals surface area contributed by atoms with Crippen LogP contribution in [0.2, 0.25) is 0 Å². The summed E-state index contributed by atoms with van der Waals surface area (Å²) >= 11 is 3.34. The number of carbonyl (C=O) groups is 2. The lowest BCUT2D eigenvalue weighted by molar-refractivity contribution is -0.120. The van der Waals surface area contributed by atoms with Gasteiger partial charge in [-0.1, -0.05) is 0 Å². The van der Waals surface area contributed by atoms with Crippen LogP contribution < -0.4 is 10.6 Å². The third-order valence-corrected chi connectivity index (χ3v) is 2.82. The van der Waals surface area contributed by atoms with E-state index in [0.29, 0.717) is 12.2 Å². The Kier molecular flexibility index (Phi) is 5.40. The van der Waals surface area contributed by atoms with Crippen LogP contribution in [0, 0.1) is 0 Å². The topological polar surface area (TPSA) is 63.1 Å². The molecule has 0 saturated heterocycles. The Morgan fingerprint density at radius 2 is 2.06 bits per heavy atom. The molecule has 1 aromatic heterocycles. The van der Waals surface area contributed by atoms with Gasteiger partial charge in [-0.2, -0.15) is 0 Å². The molecule has 0 atom stereocenters. The van der Waals surface area contributed by atoms with Gasteiger partial charge in [-0.15, -0.1) is 0 Å². The number of hydrogen-bond donors (Lipinski definition) is 2. The van der Waals surface area contributed by atoms with Crippen LogP contribution in [0.5, 0.6) is 0 Å². The second kappa shape index (κ2) is 6.58. The fourth-order valence-corrected chi connectivity index (χ4v) is 2.00. The lowest BCUT2D eigenvalue weighted by atomic mass is 10.3. The normalized spacial score (nSPS) is 10.5. The van der Waals surface area contributed by atoms with Gasteiger partial charge in [-0.25, -0.2) is 0 Å². The summed E-state index contributed by atoms with van der Waals surface area (Å²) in [6, 6.07) is 1.93. The first-order valence-corrected chi connectivity index (χ1v) is 6.67. The van der Waals surface area contributed by atoms with Gasteiger partial charge in [0.25, 0.3) is 5.91 Å². The second-order valence-electron chi connectivity index (χ2n) is 4.18. The van der Waals surface area contributed by atoms with Crippen LogP contribution >= 0.6 is 15.9 Å². The molecule has 1 aromatic rings. The zero-order chi connectivity index (χ0) is 13.7. The van der Waals surface area contributed by atoms with Crippen LogP contribution in [0.25, 0.3) is 0 Å². The van der Waals surface area contributed by atoms with E-state index in [1.54, 1.807) is 6.07 Å². The number of nitrogens with zero attached hydrogens (tertiary/aromatic N) is 1. The van der Waals surface area contributed by atoms with E-state index in [1.807, 2.05) is 31.5 Å². The summed E-state index contributed by atoms with van der Waals surface area (Å²) in [6.07, 6.45) is 1.85. The fraction of sp³-hybridized carbons (Fsp3) is 0.500. The average molecular weight is 316 g/mol. The Morgan fingerprint density at radius 1 is 1.39 bits per heavy atom. The minimum absolute atomic E-state index is 0.00638. The van der Waals surface area contributed by atoms with E-state index >= 15 is 0 Å². The first-order valence-electron chi connectivity index (χ1n) is 5.88. The molecule has 6 heteroatoms. The highest BCUT2D eigenvalue weighted by Crippen LogP contribution is 2.19. The molecule has 0 aliphatic heterocycles. The maximum absolute atomic E-state index is 12.0. The van der Waals surface area contributed by atoms with E-state index in [-0.39, 0.29) is 24.4 Å². The minimum Gasteiger partial charge on any atom is -0.355 e. The summed E-state index contributed by atoms with van der Waals surface area (Å²) in [4.78, 5) is 23.2. The molecule has 1 heterocycles. The van der Waals surface area contributed by atoms with Gasteiger partial charge < -0.3 is 15.2 Å². The van der Waals surface area contributed by atoms with Gasteiger partial charge in [0.15, 0.2) is 0 Å². The zero-order valence-corrected chi connectivity index (χ0v) is 12.4. The molecule has 0 aliphatic carbocycles. The molecule has 2 amide bonds. The quantitative estimate of drug-likeness (QED) is 0.868. The molecule has 1 rings (SSSR count). The van der Waals surface area contributed by atoms with Crippen LogP contribution in [-0.4, -0.2) is 29.5 Å². The largest absolute Gasteiger partial charge is 0.355 e. The van der Waals surface area contributed by atoms with E-state index in [0.717, 1.165) is 4.47 Å². The number of likely N-dealkylation sites (N-methyl/N-ethyl adjacent to an activating group) is 1. The third-order valence-electron chi connectivity index (χ3n) is 2.39. The van der Waals surface area contributed by atoms with E-state index in [2.05, 4.69) is 26.6 Å². The van der Waals surface area contributed by atoms with E-state index in [1.165, 1.54) is 0 Å². The zero-order valence-electron chi connectivity index (χ0n) is 10.8. The fourth-order valence-electron chi connectivity index (χ4n) is 1.57. The van der Waals surface area contributed by atoms with Crippen LogP contribution in [0.1, 0.15) is 37.3 Å². The van der Waals surface area contributed by atoms with Gasteiger partial charge in [0.05, 0.1) is 6.54 Å². The molecule has 0 saturated carbocycles. The number of carbonyl (C=O) groups excluding carboxylic acids is 2. The van der Waals surface area contributed by atoms with Gasteiger partial charge in [0, 0.05) is 23.3 Å².